The molecule has 0 saturated heterocycles. The Kier molecular flexibility index (Phi) is 3.44. The van der Waals surface area contributed by atoms with Gasteiger partial charge in [-0.05, 0) is 25.5 Å². The second kappa shape index (κ2) is 5.01. The number of hydrogen-bond donors (Lipinski definition) is 1. The Morgan fingerprint density at radius 3 is 2.71 bits per heavy atom. The first-order valence-electron chi connectivity index (χ1n) is 5.68. The first kappa shape index (κ1) is 11.7. The van der Waals surface area contributed by atoms with Crippen LogP contribution in [0.2, 0.25) is 0 Å². The van der Waals surface area contributed by atoms with E-state index in [9.17, 15) is 0 Å². The number of nitrogens with two attached hydrogens (primary N) is 1. The Morgan fingerprint density at radius 1 is 1.24 bits per heavy atom. The molecule has 17 heavy (non-hydrogen) atoms. The van der Waals surface area contributed by atoms with Gasteiger partial charge in [-0.15, -0.1) is 0 Å². The smallest absolute Gasteiger partial charge is 0.168 e. The quantitative estimate of drug-likeness (QED) is 0.878. The van der Waals surface area contributed by atoms with Crippen molar-refractivity contribution in [3.63, 3.8) is 0 Å². The molecule has 90 valence electrons. The number of aryl methyl sites for hydroxylation is 1. The van der Waals surface area contributed by atoms with Gasteiger partial charge in [-0.2, -0.15) is 5.10 Å². The Hall–Kier alpha value is -1.81. The molecule has 4 nitrogen and oxygen atoms in total. The van der Waals surface area contributed by atoms with Crippen LogP contribution in [0.1, 0.15) is 11.3 Å². The Balaban J connectivity index is 2.22. The predicted molar refractivity (Wildman–Crippen MR) is 67.3 cm³/mol. The van der Waals surface area contributed by atoms with Gasteiger partial charge in [0.15, 0.2) is 5.75 Å². The molecular formula is C13H17N3O. The van der Waals surface area contributed by atoms with E-state index in [-0.39, 0.29) is 0 Å². The first-order valence-corrected chi connectivity index (χ1v) is 5.68. The normalized spacial score (nSPS) is 10.5. The zero-order valence-electron chi connectivity index (χ0n) is 10.2. The summed E-state index contributed by atoms with van der Waals surface area (Å²) < 4.78 is 7.70. The van der Waals surface area contributed by atoms with Crippen molar-refractivity contribution in [2.45, 2.75) is 20.4 Å². The molecular weight excluding hydrogens is 214 g/mol. The zero-order chi connectivity index (χ0) is 12.3. The van der Waals surface area contributed by atoms with E-state index in [1.54, 1.807) is 6.20 Å². The molecule has 0 spiro atoms. The molecule has 1 heterocycles. The minimum absolute atomic E-state index is 0.576. The summed E-state index contributed by atoms with van der Waals surface area (Å²) in [6.45, 7) is 5.29. The number of hydrogen-bond acceptors (Lipinski definition) is 3. The van der Waals surface area contributed by atoms with E-state index in [0.29, 0.717) is 13.1 Å². The molecule has 1 aromatic heterocycles. The molecule has 2 aromatic rings. The lowest BCUT2D eigenvalue weighted by atomic mass is 10.2. The van der Waals surface area contributed by atoms with Gasteiger partial charge in [-0.25, -0.2) is 0 Å². The van der Waals surface area contributed by atoms with Crippen molar-refractivity contribution in [1.82, 2.24) is 9.78 Å². The summed E-state index contributed by atoms with van der Waals surface area (Å²) in [5.74, 6) is 1.65. The number of benzene rings is 1. The average molecular weight is 231 g/mol. The second-order valence-corrected chi connectivity index (χ2v) is 3.97. The molecule has 0 aliphatic carbocycles. The SMILES string of the molecule is Cc1ccccc1Oc1cnn(CCN)c1C. The molecule has 2 N–H and O–H groups in total. The Bertz CT molecular complexity index is 505. The third kappa shape index (κ3) is 2.47. The lowest BCUT2D eigenvalue weighted by Crippen LogP contribution is -2.12. The van der Waals surface area contributed by atoms with Gasteiger partial charge < -0.3 is 10.5 Å². The Labute approximate surface area is 101 Å². The molecule has 0 saturated carbocycles. The van der Waals surface area contributed by atoms with E-state index < -0.39 is 0 Å². The van der Waals surface area contributed by atoms with Crippen LogP contribution in [0.25, 0.3) is 0 Å². The summed E-state index contributed by atoms with van der Waals surface area (Å²) in [6, 6.07) is 7.93. The van der Waals surface area contributed by atoms with Gasteiger partial charge in [0.1, 0.15) is 5.75 Å². The van der Waals surface area contributed by atoms with Crippen molar-refractivity contribution >= 4 is 0 Å². The fourth-order valence-corrected chi connectivity index (χ4v) is 1.67. The second-order valence-electron chi connectivity index (χ2n) is 3.97. The number of para-hydroxylation sites is 1. The fourth-order valence-electron chi connectivity index (χ4n) is 1.67. The van der Waals surface area contributed by atoms with Crippen LogP contribution in [0.5, 0.6) is 11.5 Å². The lowest BCUT2D eigenvalue weighted by molar-refractivity contribution is 0.472. The van der Waals surface area contributed by atoms with Crippen molar-refractivity contribution in [1.29, 1.82) is 0 Å². The number of ether oxygens (including phenoxy) is 1. The molecule has 4 heteroatoms. The molecule has 1 aromatic carbocycles. The molecule has 0 aliphatic rings. The van der Waals surface area contributed by atoms with Gasteiger partial charge in [-0.3, -0.25) is 4.68 Å². The molecule has 0 aliphatic heterocycles. The van der Waals surface area contributed by atoms with E-state index >= 15 is 0 Å². The van der Waals surface area contributed by atoms with Crippen LogP contribution >= 0.6 is 0 Å². The largest absolute Gasteiger partial charge is 0.454 e. The highest BCUT2D eigenvalue weighted by Crippen LogP contribution is 2.26. The number of nitrogens with zero attached hydrogens (tertiary/aromatic N) is 2. The van der Waals surface area contributed by atoms with Crippen molar-refractivity contribution in [2.24, 2.45) is 5.73 Å². The highest BCUT2D eigenvalue weighted by atomic mass is 16.5. The summed E-state index contributed by atoms with van der Waals surface area (Å²) in [6.07, 6.45) is 1.73. The summed E-state index contributed by atoms with van der Waals surface area (Å²) in [4.78, 5) is 0. The van der Waals surface area contributed by atoms with Crippen molar-refractivity contribution in [3.05, 3.63) is 41.7 Å². The van der Waals surface area contributed by atoms with E-state index in [1.807, 2.05) is 42.8 Å². The van der Waals surface area contributed by atoms with Crippen molar-refractivity contribution < 1.29 is 4.74 Å². The van der Waals surface area contributed by atoms with Crippen LogP contribution in [0.3, 0.4) is 0 Å². The lowest BCUT2D eigenvalue weighted by Gasteiger charge is -2.08. The zero-order valence-corrected chi connectivity index (χ0v) is 10.2. The van der Waals surface area contributed by atoms with Gasteiger partial charge in [-0.1, -0.05) is 18.2 Å². The first-order chi connectivity index (χ1) is 8.22. The van der Waals surface area contributed by atoms with Crippen LogP contribution in [-0.4, -0.2) is 16.3 Å². The van der Waals surface area contributed by atoms with Gasteiger partial charge in [0.25, 0.3) is 0 Å². The van der Waals surface area contributed by atoms with E-state index in [4.69, 9.17) is 10.5 Å². The van der Waals surface area contributed by atoms with Gasteiger partial charge in [0, 0.05) is 6.54 Å². The maximum atomic E-state index is 5.84. The van der Waals surface area contributed by atoms with Crippen LogP contribution in [0.15, 0.2) is 30.5 Å². The fraction of sp³-hybridized carbons (Fsp3) is 0.308. The molecule has 0 unspecified atom stereocenters. The maximum Gasteiger partial charge on any atom is 0.168 e. The third-order valence-electron chi connectivity index (χ3n) is 2.71. The molecule has 2 rings (SSSR count). The summed E-state index contributed by atoms with van der Waals surface area (Å²) in [5, 5.41) is 4.24. The topological polar surface area (TPSA) is 53.1 Å². The molecule has 0 fully saturated rings. The predicted octanol–water partition coefficient (Wildman–Crippen LogP) is 2.25. The standard InChI is InChI=1S/C13H17N3O/c1-10-5-3-4-6-12(10)17-13-9-15-16(8-7-14)11(13)2/h3-6,9H,7-8,14H2,1-2H3. The molecule has 0 bridgehead atoms. The van der Waals surface area contributed by atoms with E-state index in [1.165, 1.54) is 0 Å². The third-order valence-corrected chi connectivity index (χ3v) is 2.71. The van der Waals surface area contributed by atoms with Crippen molar-refractivity contribution in [3.8, 4) is 11.5 Å². The summed E-state index contributed by atoms with van der Waals surface area (Å²) in [5.41, 5.74) is 7.62. The molecule has 0 amide bonds. The Morgan fingerprint density at radius 2 is 2.00 bits per heavy atom. The van der Waals surface area contributed by atoms with E-state index in [0.717, 1.165) is 22.8 Å². The molecule has 0 radical (unpaired) electrons. The highest BCUT2D eigenvalue weighted by molar-refractivity contribution is 5.37. The summed E-state index contributed by atoms with van der Waals surface area (Å²) >= 11 is 0. The summed E-state index contributed by atoms with van der Waals surface area (Å²) in [7, 11) is 0. The minimum Gasteiger partial charge on any atom is -0.454 e. The number of aromatic nitrogens is 2. The highest BCUT2D eigenvalue weighted by Gasteiger charge is 2.08. The average Bonchev–Trinajstić information content (AvgIpc) is 2.65. The van der Waals surface area contributed by atoms with Gasteiger partial charge in [0.05, 0.1) is 18.4 Å². The van der Waals surface area contributed by atoms with Gasteiger partial charge in [0.2, 0.25) is 0 Å². The van der Waals surface area contributed by atoms with Gasteiger partial charge >= 0.3 is 0 Å². The maximum absolute atomic E-state index is 5.84. The van der Waals surface area contributed by atoms with Crippen molar-refractivity contribution in [2.75, 3.05) is 6.54 Å². The monoisotopic (exact) mass is 231 g/mol. The molecule has 0 atom stereocenters. The minimum atomic E-state index is 0.576. The van der Waals surface area contributed by atoms with E-state index in [2.05, 4.69) is 5.10 Å². The van der Waals surface area contributed by atoms with Crippen LogP contribution in [0.4, 0.5) is 0 Å². The van der Waals surface area contributed by atoms with Crippen LogP contribution < -0.4 is 10.5 Å². The van der Waals surface area contributed by atoms with Crippen LogP contribution in [0, 0.1) is 13.8 Å². The number of rotatable bonds is 4. The van der Waals surface area contributed by atoms with Crippen LogP contribution in [-0.2, 0) is 6.54 Å².